The summed E-state index contributed by atoms with van der Waals surface area (Å²) in [4.78, 5) is 21.6. The van der Waals surface area contributed by atoms with Gasteiger partial charge in [0, 0.05) is 23.7 Å². The highest BCUT2D eigenvalue weighted by atomic mass is 19.1. The number of hydrogen-bond donors (Lipinski definition) is 2. The van der Waals surface area contributed by atoms with E-state index in [-0.39, 0.29) is 12.1 Å². The van der Waals surface area contributed by atoms with Gasteiger partial charge in [-0.15, -0.1) is 0 Å². The number of nitro groups is 1. The van der Waals surface area contributed by atoms with Crippen LogP contribution >= 0.6 is 0 Å². The van der Waals surface area contributed by atoms with E-state index in [1.807, 2.05) is 0 Å². The van der Waals surface area contributed by atoms with Gasteiger partial charge in [0.05, 0.1) is 11.0 Å². The normalized spacial score (nSPS) is 11.1. The summed E-state index contributed by atoms with van der Waals surface area (Å²) in [5.74, 6) is -1.44. The SMILES string of the molecule is CC(C)(CN)NC(=O)c1cc(F)cc([N+](=O)[O-])c1. The zero-order valence-corrected chi connectivity index (χ0v) is 10.1. The third kappa shape index (κ3) is 3.49. The Hall–Kier alpha value is -2.02. The van der Waals surface area contributed by atoms with Crippen molar-refractivity contribution in [2.45, 2.75) is 19.4 Å². The lowest BCUT2D eigenvalue weighted by atomic mass is 10.0. The molecule has 7 heteroatoms. The van der Waals surface area contributed by atoms with Crippen molar-refractivity contribution in [1.82, 2.24) is 5.32 Å². The Balaban J connectivity index is 3.03. The Labute approximate surface area is 103 Å². The second-order valence-corrected chi connectivity index (χ2v) is 4.50. The van der Waals surface area contributed by atoms with Crippen LogP contribution in [0.3, 0.4) is 0 Å². The van der Waals surface area contributed by atoms with Crippen LogP contribution < -0.4 is 11.1 Å². The van der Waals surface area contributed by atoms with E-state index in [0.29, 0.717) is 0 Å². The van der Waals surface area contributed by atoms with E-state index >= 15 is 0 Å². The first-order valence-corrected chi connectivity index (χ1v) is 5.23. The minimum absolute atomic E-state index is 0.108. The van der Waals surface area contributed by atoms with Crippen LogP contribution in [0.4, 0.5) is 10.1 Å². The number of nitrogens with two attached hydrogens (primary N) is 1. The summed E-state index contributed by atoms with van der Waals surface area (Å²) in [7, 11) is 0. The molecule has 0 aromatic heterocycles. The van der Waals surface area contributed by atoms with Gasteiger partial charge in [-0.3, -0.25) is 14.9 Å². The van der Waals surface area contributed by atoms with E-state index < -0.39 is 27.9 Å². The first-order valence-electron chi connectivity index (χ1n) is 5.23. The minimum Gasteiger partial charge on any atom is -0.346 e. The van der Waals surface area contributed by atoms with Crippen molar-refractivity contribution >= 4 is 11.6 Å². The summed E-state index contributed by atoms with van der Waals surface area (Å²) >= 11 is 0. The number of nitro benzene ring substituents is 1. The molecule has 0 radical (unpaired) electrons. The van der Waals surface area contributed by atoms with Crippen LogP contribution in [0.25, 0.3) is 0 Å². The Kier molecular flexibility index (Phi) is 3.97. The Morgan fingerprint density at radius 3 is 2.61 bits per heavy atom. The van der Waals surface area contributed by atoms with Crippen molar-refractivity contribution in [2.24, 2.45) is 5.73 Å². The van der Waals surface area contributed by atoms with E-state index in [9.17, 15) is 19.3 Å². The maximum Gasteiger partial charge on any atom is 0.273 e. The molecule has 0 fully saturated rings. The van der Waals surface area contributed by atoms with Crippen molar-refractivity contribution in [1.29, 1.82) is 0 Å². The molecule has 0 aliphatic heterocycles. The van der Waals surface area contributed by atoms with E-state index in [4.69, 9.17) is 5.73 Å². The van der Waals surface area contributed by atoms with E-state index in [1.54, 1.807) is 13.8 Å². The second kappa shape index (κ2) is 5.09. The van der Waals surface area contributed by atoms with Gasteiger partial charge in [0.15, 0.2) is 0 Å². The third-order valence-electron chi connectivity index (χ3n) is 2.32. The van der Waals surface area contributed by atoms with Crippen molar-refractivity contribution in [2.75, 3.05) is 6.54 Å². The van der Waals surface area contributed by atoms with Crippen LogP contribution in [-0.2, 0) is 0 Å². The Morgan fingerprint density at radius 1 is 1.50 bits per heavy atom. The molecular weight excluding hydrogens is 241 g/mol. The van der Waals surface area contributed by atoms with E-state index in [1.165, 1.54) is 0 Å². The number of amides is 1. The molecule has 3 N–H and O–H groups in total. The number of benzene rings is 1. The molecule has 1 aromatic carbocycles. The highest BCUT2D eigenvalue weighted by Gasteiger charge is 2.21. The van der Waals surface area contributed by atoms with Crippen molar-refractivity contribution in [3.8, 4) is 0 Å². The number of carbonyl (C=O) groups excluding carboxylic acids is 1. The quantitative estimate of drug-likeness (QED) is 0.623. The van der Waals surface area contributed by atoms with E-state index in [2.05, 4.69) is 5.32 Å². The van der Waals surface area contributed by atoms with Gasteiger partial charge in [0.2, 0.25) is 0 Å². The van der Waals surface area contributed by atoms with Crippen LogP contribution in [0.1, 0.15) is 24.2 Å². The largest absolute Gasteiger partial charge is 0.346 e. The van der Waals surface area contributed by atoms with Crippen molar-refractivity contribution < 1.29 is 14.1 Å². The smallest absolute Gasteiger partial charge is 0.273 e. The molecule has 0 saturated carbocycles. The molecule has 0 aliphatic rings. The number of nitrogens with zero attached hydrogens (tertiary/aromatic N) is 1. The third-order valence-corrected chi connectivity index (χ3v) is 2.32. The molecule has 18 heavy (non-hydrogen) atoms. The predicted molar refractivity (Wildman–Crippen MR) is 63.7 cm³/mol. The molecule has 6 nitrogen and oxygen atoms in total. The number of non-ortho nitro benzene ring substituents is 1. The number of rotatable bonds is 4. The van der Waals surface area contributed by atoms with Gasteiger partial charge in [-0.1, -0.05) is 0 Å². The first kappa shape index (κ1) is 14.0. The van der Waals surface area contributed by atoms with Crippen LogP contribution in [-0.4, -0.2) is 22.9 Å². The molecule has 1 amide bonds. The van der Waals surface area contributed by atoms with Gasteiger partial charge in [0.25, 0.3) is 11.6 Å². The Bertz CT molecular complexity index is 488. The van der Waals surface area contributed by atoms with Gasteiger partial charge in [-0.25, -0.2) is 4.39 Å². The van der Waals surface area contributed by atoms with E-state index in [0.717, 1.165) is 18.2 Å². The zero-order chi connectivity index (χ0) is 13.9. The highest BCUT2D eigenvalue weighted by molar-refractivity contribution is 5.95. The van der Waals surface area contributed by atoms with Crippen LogP contribution in [0.15, 0.2) is 18.2 Å². The lowest BCUT2D eigenvalue weighted by molar-refractivity contribution is -0.385. The highest BCUT2D eigenvalue weighted by Crippen LogP contribution is 2.16. The molecule has 0 heterocycles. The standard InChI is InChI=1S/C11H14FN3O3/c1-11(2,6-13)14-10(16)7-3-8(12)5-9(4-7)15(17)18/h3-5H,6,13H2,1-2H3,(H,14,16). The predicted octanol–water partition coefficient (Wildman–Crippen LogP) is 1.20. The van der Waals surface area contributed by atoms with Gasteiger partial charge < -0.3 is 11.1 Å². The van der Waals surface area contributed by atoms with Gasteiger partial charge in [-0.2, -0.15) is 0 Å². The van der Waals surface area contributed by atoms with Gasteiger partial charge in [0.1, 0.15) is 5.82 Å². The fourth-order valence-corrected chi connectivity index (χ4v) is 1.24. The fraction of sp³-hybridized carbons (Fsp3) is 0.364. The molecule has 0 atom stereocenters. The number of halogens is 1. The maximum atomic E-state index is 13.2. The summed E-state index contributed by atoms with van der Waals surface area (Å²) in [5, 5.41) is 13.1. The summed E-state index contributed by atoms with van der Waals surface area (Å²) in [6.45, 7) is 3.58. The van der Waals surface area contributed by atoms with Crippen molar-refractivity contribution in [3.63, 3.8) is 0 Å². The van der Waals surface area contributed by atoms with Gasteiger partial charge in [-0.05, 0) is 19.9 Å². The molecule has 0 spiro atoms. The molecule has 98 valence electrons. The van der Waals surface area contributed by atoms with Crippen LogP contribution in [0.5, 0.6) is 0 Å². The summed E-state index contributed by atoms with van der Waals surface area (Å²) < 4.78 is 13.2. The maximum absolute atomic E-state index is 13.2. The molecule has 0 unspecified atom stereocenters. The van der Waals surface area contributed by atoms with Crippen LogP contribution in [0, 0.1) is 15.9 Å². The zero-order valence-electron chi connectivity index (χ0n) is 10.1. The Morgan fingerprint density at radius 2 is 2.11 bits per heavy atom. The number of carbonyl (C=O) groups is 1. The molecule has 0 saturated heterocycles. The van der Waals surface area contributed by atoms with Crippen molar-refractivity contribution in [3.05, 3.63) is 39.7 Å². The molecule has 0 aliphatic carbocycles. The average molecular weight is 255 g/mol. The fourth-order valence-electron chi connectivity index (χ4n) is 1.24. The first-order chi connectivity index (χ1) is 8.25. The van der Waals surface area contributed by atoms with Gasteiger partial charge >= 0.3 is 0 Å². The summed E-state index contributed by atoms with van der Waals surface area (Å²) in [5.41, 5.74) is 4.20. The molecule has 0 bridgehead atoms. The molecule has 1 rings (SSSR count). The number of nitrogens with one attached hydrogen (secondary N) is 1. The lowest BCUT2D eigenvalue weighted by Crippen LogP contribution is -2.48. The van der Waals surface area contributed by atoms with Crippen LogP contribution in [0.2, 0.25) is 0 Å². The second-order valence-electron chi connectivity index (χ2n) is 4.50. The average Bonchev–Trinajstić information content (AvgIpc) is 2.27. The minimum atomic E-state index is -0.833. The number of hydrogen-bond acceptors (Lipinski definition) is 4. The molecule has 1 aromatic rings. The summed E-state index contributed by atoms with van der Waals surface area (Å²) in [6.07, 6.45) is 0. The topological polar surface area (TPSA) is 98.3 Å². The monoisotopic (exact) mass is 255 g/mol. The summed E-state index contributed by atoms with van der Waals surface area (Å²) in [6, 6.07) is 2.71. The lowest BCUT2D eigenvalue weighted by Gasteiger charge is -2.24. The molecular formula is C11H14FN3O3.